The van der Waals surface area contributed by atoms with Crippen molar-refractivity contribution >= 4 is 0 Å². The minimum Gasteiger partial charge on any atom is -0.507 e. The van der Waals surface area contributed by atoms with Crippen molar-refractivity contribution in [3.63, 3.8) is 0 Å². The summed E-state index contributed by atoms with van der Waals surface area (Å²) < 4.78 is 4.97. The maximum Gasteiger partial charge on any atom is 0.126 e. The van der Waals surface area contributed by atoms with Gasteiger partial charge in [-0.2, -0.15) is 0 Å². The highest BCUT2D eigenvalue weighted by molar-refractivity contribution is 5.43. The SMILES string of the molecule is C=CCc1cc(CO)c(O)c(COC)c1. The third-order valence-electron chi connectivity index (χ3n) is 2.18. The minimum absolute atomic E-state index is 0.118. The molecule has 0 radical (unpaired) electrons. The van der Waals surface area contributed by atoms with E-state index in [9.17, 15) is 5.11 Å². The van der Waals surface area contributed by atoms with Gasteiger partial charge in [0.2, 0.25) is 0 Å². The van der Waals surface area contributed by atoms with Crippen molar-refractivity contribution in [3.05, 3.63) is 41.5 Å². The molecule has 0 bridgehead atoms. The van der Waals surface area contributed by atoms with Crippen LogP contribution in [0.5, 0.6) is 5.75 Å². The highest BCUT2D eigenvalue weighted by Gasteiger charge is 2.08. The zero-order chi connectivity index (χ0) is 11.3. The van der Waals surface area contributed by atoms with Crippen molar-refractivity contribution in [2.24, 2.45) is 0 Å². The van der Waals surface area contributed by atoms with Crippen LogP contribution in [0, 0.1) is 0 Å². The molecule has 0 amide bonds. The standard InChI is InChI=1S/C12H16O3/c1-3-4-9-5-10(7-13)12(14)11(6-9)8-15-2/h3,5-6,13-14H,1,4,7-8H2,2H3. The van der Waals surface area contributed by atoms with E-state index in [-0.39, 0.29) is 12.4 Å². The zero-order valence-corrected chi connectivity index (χ0v) is 8.86. The number of allylic oxidation sites excluding steroid dienone is 1. The Morgan fingerprint density at radius 2 is 2.07 bits per heavy atom. The van der Waals surface area contributed by atoms with E-state index >= 15 is 0 Å². The third kappa shape index (κ3) is 2.81. The summed E-state index contributed by atoms with van der Waals surface area (Å²) in [6, 6.07) is 3.63. The predicted molar refractivity (Wildman–Crippen MR) is 58.6 cm³/mol. The molecule has 1 aromatic rings. The van der Waals surface area contributed by atoms with E-state index in [2.05, 4.69) is 6.58 Å². The Kier molecular flexibility index (Phi) is 4.34. The highest BCUT2D eigenvalue weighted by Crippen LogP contribution is 2.25. The Morgan fingerprint density at radius 1 is 1.40 bits per heavy atom. The van der Waals surface area contributed by atoms with Gasteiger partial charge in [-0.05, 0) is 24.1 Å². The summed E-state index contributed by atoms with van der Waals surface area (Å²) in [6.07, 6.45) is 2.49. The molecule has 0 fully saturated rings. The number of ether oxygens (including phenoxy) is 1. The van der Waals surface area contributed by atoms with Gasteiger partial charge in [-0.25, -0.2) is 0 Å². The normalized spacial score (nSPS) is 10.3. The van der Waals surface area contributed by atoms with Crippen LogP contribution in [0.2, 0.25) is 0 Å². The summed E-state index contributed by atoms with van der Waals surface area (Å²) >= 11 is 0. The lowest BCUT2D eigenvalue weighted by Gasteiger charge is -2.10. The molecule has 3 nitrogen and oxygen atoms in total. The van der Waals surface area contributed by atoms with Crippen molar-refractivity contribution in [3.8, 4) is 5.75 Å². The number of phenols is 1. The summed E-state index contributed by atoms with van der Waals surface area (Å²) in [5.41, 5.74) is 2.24. The third-order valence-corrected chi connectivity index (χ3v) is 2.18. The first-order valence-electron chi connectivity index (χ1n) is 4.77. The smallest absolute Gasteiger partial charge is 0.126 e. The quantitative estimate of drug-likeness (QED) is 0.725. The number of aliphatic hydroxyl groups excluding tert-OH is 1. The fourth-order valence-corrected chi connectivity index (χ4v) is 1.50. The van der Waals surface area contributed by atoms with E-state index in [1.807, 2.05) is 6.07 Å². The van der Waals surface area contributed by atoms with Crippen LogP contribution in [0.15, 0.2) is 24.8 Å². The van der Waals surface area contributed by atoms with E-state index in [4.69, 9.17) is 9.84 Å². The van der Waals surface area contributed by atoms with E-state index in [0.29, 0.717) is 24.2 Å². The van der Waals surface area contributed by atoms with Crippen LogP contribution in [0.25, 0.3) is 0 Å². The van der Waals surface area contributed by atoms with Gasteiger partial charge in [-0.15, -0.1) is 6.58 Å². The van der Waals surface area contributed by atoms with Gasteiger partial charge in [0.25, 0.3) is 0 Å². The summed E-state index contributed by atoms with van der Waals surface area (Å²) in [5, 5.41) is 18.8. The van der Waals surface area contributed by atoms with E-state index in [1.54, 1.807) is 19.3 Å². The van der Waals surface area contributed by atoms with Crippen molar-refractivity contribution < 1.29 is 14.9 Å². The number of benzene rings is 1. The van der Waals surface area contributed by atoms with Crippen LogP contribution in [0.1, 0.15) is 16.7 Å². The topological polar surface area (TPSA) is 49.7 Å². The summed E-state index contributed by atoms with van der Waals surface area (Å²) in [5.74, 6) is 0.118. The van der Waals surface area contributed by atoms with Gasteiger partial charge < -0.3 is 14.9 Å². The van der Waals surface area contributed by atoms with Crippen LogP contribution in [0.3, 0.4) is 0 Å². The number of rotatable bonds is 5. The van der Waals surface area contributed by atoms with E-state index < -0.39 is 0 Å². The number of hydrogen-bond donors (Lipinski definition) is 2. The van der Waals surface area contributed by atoms with Crippen molar-refractivity contribution in [2.75, 3.05) is 7.11 Å². The molecule has 0 atom stereocenters. The molecule has 0 saturated carbocycles. The van der Waals surface area contributed by atoms with Crippen molar-refractivity contribution in [1.82, 2.24) is 0 Å². The maximum atomic E-state index is 9.75. The van der Waals surface area contributed by atoms with Gasteiger partial charge in [-0.3, -0.25) is 0 Å². The lowest BCUT2D eigenvalue weighted by atomic mass is 10.0. The molecule has 0 unspecified atom stereocenters. The van der Waals surface area contributed by atoms with Gasteiger partial charge in [-0.1, -0.05) is 6.08 Å². The second-order valence-electron chi connectivity index (χ2n) is 3.35. The predicted octanol–water partition coefficient (Wildman–Crippen LogP) is 1.76. The molecule has 0 aromatic heterocycles. The molecule has 0 spiro atoms. The van der Waals surface area contributed by atoms with Crippen molar-refractivity contribution in [1.29, 1.82) is 0 Å². The average Bonchev–Trinajstić information content (AvgIpc) is 2.23. The van der Waals surface area contributed by atoms with Crippen LogP contribution >= 0.6 is 0 Å². The van der Waals surface area contributed by atoms with Gasteiger partial charge in [0.1, 0.15) is 5.75 Å². The second kappa shape index (κ2) is 5.53. The summed E-state index contributed by atoms with van der Waals surface area (Å²) in [4.78, 5) is 0. The van der Waals surface area contributed by atoms with E-state index in [1.165, 1.54) is 0 Å². The monoisotopic (exact) mass is 208 g/mol. The summed E-state index contributed by atoms with van der Waals surface area (Å²) in [7, 11) is 1.57. The van der Waals surface area contributed by atoms with Crippen molar-refractivity contribution in [2.45, 2.75) is 19.6 Å². The number of aliphatic hydroxyl groups is 1. The molecule has 82 valence electrons. The molecule has 0 aliphatic carbocycles. The van der Waals surface area contributed by atoms with Crippen LogP contribution < -0.4 is 0 Å². The molecule has 0 saturated heterocycles. The fraction of sp³-hybridized carbons (Fsp3) is 0.333. The molecule has 15 heavy (non-hydrogen) atoms. The van der Waals surface area contributed by atoms with Gasteiger partial charge in [0.15, 0.2) is 0 Å². The van der Waals surface area contributed by atoms with E-state index in [0.717, 1.165) is 5.56 Å². The molecule has 0 aliphatic heterocycles. The molecular weight excluding hydrogens is 192 g/mol. The molecule has 3 heteroatoms. The molecule has 0 heterocycles. The zero-order valence-electron chi connectivity index (χ0n) is 8.86. The minimum atomic E-state index is -0.173. The second-order valence-corrected chi connectivity index (χ2v) is 3.35. The van der Waals surface area contributed by atoms with Crippen LogP contribution in [0.4, 0.5) is 0 Å². The summed E-state index contributed by atoms with van der Waals surface area (Å²) in [6.45, 7) is 3.82. The Bertz CT molecular complexity index is 345. The first-order chi connectivity index (χ1) is 7.22. The molecular formula is C12H16O3. The highest BCUT2D eigenvalue weighted by atomic mass is 16.5. The Balaban J connectivity index is 3.12. The van der Waals surface area contributed by atoms with Gasteiger partial charge in [0, 0.05) is 18.2 Å². The Hall–Kier alpha value is -1.32. The molecule has 1 rings (SSSR count). The maximum absolute atomic E-state index is 9.75. The first-order valence-corrected chi connectivity index (χ1v) is 4.77. The first kappa shape index (κ1) is 11.8. The molecule has 1 aromatic carbocycles. The van der Waals surface area contributed by atoms with Gasteiger partial charge >= 0.3 is 0 Å². The number of methoxy groups -OCH3 is 1. The Morgan fingerprint density at radius 3 is 2.60 bits per heavy atom. The largest absolute Gasteiger partial charge is 0.507 e. The molecule has 2 N–H and O–H groups in total. The van der Waals surface area contributed by atoms with Crippen LogP contribution in [-0.4, -0.2) is 17.3 Å². The Labute approximate surface area is 89.6 Å². The fourth-order valence-electron chi connectivity index (χ4n) is 1.50. The van der Waals surface area contributed by atoms with Crippen LogP contribution in [-0.2, 0) is 24.4 Å². The number of hydrogen-bond acceptors (Lipinski definition) is 3. The number of aromatic hydroxyl groups is 1. The van der Waals surface area contributed by atoms with Gasteiger partial charge in [0.05, 0.1) is 13.2 Å². The molecule has 0 aliphatic rings. The lowest BCUT2D eigenvalue weighted by molar-refractivity contribution is 0.181. The average molecular weight is 208 g/mol. The lowest BCUT2D eigenvalue weighted by Crippen LogP contribution is -1.96.